The zero-order chi connectivity index (χ0) is 16.4. The Morgan fingerprint density at radius 2 is 1.83 bits per heavy atom. The van der Waals surface area contributed by atoms with E-state index in [1.54, 1.807) is 26.0 Å². The van der Waals surface area contributed by atoms with Gasteiger partial charge in [0.05, 0.1) is 12.7 Å². The fourth-order valence-electron chi connectivity index (χ4n) is 2.36. The van der Waals surface area contributed by atoms with Gasteiger partial charge in [0.15, 0.2) is 11.5 Å². The number of fused-ring (bicyclic) bond motifs is 1. The SMILES string of the molecule is COC(=O)c1cc(OCc2ccccc2)c2c(c1)OC(C)(C)O2.O. The molecule has 0 bridgehead atoms. The molecule has 1 aliphatic heterocycles. The molecule has 0 unspecified atom stereocenters. The maximum atomic E-state index is 11.8. The van der Waals surface area contributed by atoms with Gasteiger partial charge in [-0.3, -0.25) is 0 Å². The summed E-state index contributed by atoms with van der Waals surface area (Å²) in [6, 6.07) is 13.0. The van der Waals surface area contributed by atoms with Gasteiger partial charge in [0, 0.05) is 13.8 Å². The molecular weight excluding hydrogens is 312 g/mol. The smallest absolute Gasteiger partial charge is 0.338 e. The number of carbonyl (C=O) groups is 1. The molecule has 2 aromatic rings. The topological polar surface area (TPSA) is 85.5 Å². The second kappa shape index (κ2) is 6.80. The van der Waals surface area contributed by atoms with E-state index < -0.39 is 11.8 Å². The molecule has 0 saturated heterocycles. The van der Waals surface area contributed by atoms with Gasteiger partial charge in [-0.25, -0.2) is 4.79 Å². The fraction of sp³-hybridized carbons (Fsp3) is 0.278. The first-order valence-corrected chi connectivity index (χ1v) is 7.29. The number of hydrogen-bond donors (Lipinski definition) is 0. The predicted octanol–water partition coefficient (Wildman–Crippen LogP) is 2.73. The molecule has 0 radical (unpaired) electrons. The van der Waals surface area contributed by atoms with Crippen LogP contribution in [-0.4, -0.2) is 24.3 Å². The van der Waals surface area contributed by atoms with Gasteiger partial charge in [0.1, 0.15) is 6.61 Å². The molecule has 0 atom stereocenters. The molecule has 6 heteroatoms. The normalized spacial score (nSPS) is 13.8. The average Bonchev–Trinajstić information content (AvgIpc) is 2.86. The molecule has 6 nitrogen and oxygen atoms in total. The first-order chi connectivity index (χ1) is 11.0. The van der Waals surface area contributed by atoms with Gasteiger partial charge in [-0.15, -0.1) is 0 Å². The molecule has 0 fully saturated rings. The van der Waals surface area contributed by atoms with Crippen molar-refractivity contribution in [1.29, 1.82) is 0 Å². The summed E-state index contributed by atoms with van der Waals surface area (Å²) in [5.41, 5.74) is 1.37. The van der Waals surface area contributed by atoms with Gasteiger partial charge >= 0.3 is 5.97 Å². The third-order valence-electron chi connectivity index (χ3n) is 3.38. The number of methoxy groups -OCH3 is 1. The number of ether oxygens (including phenoxy) is 4. The van der Waals surface area contributed by atoms with Crippen LogP contribution < -0.4 is 14.2 Å². The highest BCUT2D eigenvalue weighted by atomic mass is 16.7. The van der Waals surface area contributed by atoms with Crippen molar-refractivity contribution in [3.05, 3.63) is 53.6 Å². The van der Waals surface area contributed by atoms with Crippen LogP contribution in [0, 0.1) is 0 Å². The van der Waals surface area contributed by atoms with Crippen molar-refractivity contribution in [2.45, 2.75) is 26.2 Å². The zero-order valence-electron chi connectivity index (χ0n) is 13.8. The second-order valence-electron chi connectivity index (χ2n) is 5.67. The number of carbonyl (C=O) groups excluding carboxylic acids is 1. The van der Waals surface area contributed by atoms with Crippen LogP contribution in [0.2, 0.25) is 0 Å². The number of esters is 1. The quantitative estimate of drug-likeness (QED) is 0.804. The molecule has 3 rings (SSSR count). The Balaban J connectivity index is 0.00000208. The molecule has 1 aliphatic rings. The Morgan fingerprint density at radius 3 is 2.50 bits per heavy atom. The van der Waals surface area contributed by atoms with Crippen molar-refractivity contribution in [3.63, 3.8) is 0 Å². The minimum atomic E-state index is -0.804. The molecule has 2 N–H and O–H groups in total. The van der Waals surface area contributed by atoms with Crippen molar-refractivity contribution in [2.75, 3.05) is 7.11 Å². The molecule has 0 aliphatic carbocycles. The van der Waals surface area contributed by atoms with E-state index in [2.05, 4.69) is 0 Å². The highest BCUT2D eigenvalue weighted by Gasteiger charge is 2.35. The van der Waals surface area contributed by atoms with Crippen LogP contribution in [0.1, 0.15) is 29.8 Å². The monoisotopic (exact) mass is 332 g/mol. The van der Waals surface area contributed by atoms with Crippen LogP contribution in [-0.2, 0) is 11.3 Å². The minimum Gasteiger partial charge on any atom is -0.485 e. The minimum absolute atomic E-state index is 0. The molecule has 0 saturated carbocycles. The van der Waals surface area contributed by atoms with Crippen molar-refractivity contribution in [1.82, 2.24) is 0 Å². The summed E-state index contributed by atoms with van der Waals surface area (Å²) < 4.78 is 22.1. The molecule has 24 heavy (non-hydrogen) atoms. The lowest BCUT2D eigenvalue weighted by Gasteiger charge is -2.16. The molecule has 0 amide bonds. The standard InChI is InChI=1S/C18H18O5.H2O/c1-18(2)22-15-10-13(17(19)20-3)9-14(16(15)23-18)21-11-12-7-5-4-6-8-12;/h4-10H,11H2,1-3H3;1H2. The lowest BCUT2D eigenvalue weighted by atomic mass is 10.2. The van der Waals surface area contributed by atoms with Crippen molar-refractivity contribution in [3.8, 4) is 17.2 Å². The Kier molecular flexibility index (Phi) is 4.99. The molecule has 0 spiro atoms. The molecule has 0 aromatic heterocycles. The van der Waals surface area contributed by atoms with E-state index in [4.69, 9.17) is 18.9 Å². The zero-order valence-corrected chi connectivity index (χ0v) is 13.8. The van der Waals surface area contributed by atoms with Gasteiger partial charge in [0.2, 0.25) is 11.5 Å². The van der Waals surface area contributed by atoms with Crippen LogP contribution in [0.25, 0.3) is 0 Å². The third kappa shape index (κ3) is 3.60. The lowest BCUT2D eigenvalue weighted by Crippen LogP contribution is -2.29. The maximum absolute atomic E-state index is 11.8. The average molecular weight is 332 g/mol. The van der Waals surface area contributed by atoms with Crippen LogP contribution in [0.5, 0.6) is 17.2 Å². The third-order valence-corrected chi connectivity index (χ3v) is 3.38. The lowest BCUT2D eigenvalue weighted by molar-refractivity contribution is -0.0442. The van der Waals surface area contributed by atoms with E-state index in [0.717, 1.165) is 5.56 Å². The summed E-state index contributed by atoms with van der Waals surface area (Å²) in [7, 11) is 1.33. The number of hydrogen-bond acceptors (Lipinski definition) is 5. The fourth-order valence-corrected chi connectivity index (χ4v) is 2.36. The van der Waals surface area contributed by atoms with Crippen molar-refractivity contribution < 1.29 is 29.2 Å². The highest BCUT2D eigenvalue weighted by molar-refractivity contribution is 5.91. The molecule has 2 aromatic carbocycles. The Morgan fingerprint density at radius 1 is 1.12 bits per heavy atom. The van der Waals surface area contributed by atoms with Crippen LogP contribution >= 0.6 is 0 Å². The van der Waals surface area contributed by atoms with Crippen LogP contribution in [0.15, 0.2) is 42.5 Å². The second-order valence-corrected chi connectivity index (χ2v) is 5.67. The van der Waals surface area contributed by atoms with Gasteiger partial charge in [-0.1, -0.05) is 30.3 Å². The molecule has 128 valence electrons. The Labute approximate surface area is 140 Å². The van der Waals surface area contributed by atoms with E-state index in [1.807, 2.05) is 30.3 Å². The number of benzene rings is 2. The van der Waals surface area contributed by atoms with Crippen LogP contribution in [0.3, 0.4) is 0 Å². The number of rotatable bonds is 4. The van der Waals surface area contributed by atoms with E-state index >= 15 is 0 Å². The highest BCUT2D eigenvalue weighted by Crippen LogP contribution is 2.47. The largest absolute Gasteiger partial charge is 0.485 e. The van der Waals surface area contributed by atoms with Gasteiger partial charge in [-0.2, -0.15) is 0 Å². The molecule has 1 heterocycles. The summed E-state index contributed by atoms with van der Waals surface area (Å²) in [6.45, 7) is 3.96. The van der Waals surface area contributed by atoms with Crippen molar-refractivity contribution in [2.24, 2.45) is 0 Å². The summed E-state index contributed by atoms with van der Waals surface area (Å²) in [6.07, 6.45) is 0. The van der Waals surface area contributed by atoms with E-state index in [9.17, 15) is 4.79 Å². The first-order valence-electron chi connectivity index (χ1n) is 7.29. The predicted molar refractivity (Wildman–Crippen MR) is 87.5 cm³/mol. The van der Waals surface area contributed by atoms with Crippen molar-refractivity contribution >= 4 is 5.97 Å². The van der Waals surface area contributed by atoms with Gasteiger partial charge < -0.3 is 24.4 Å². The van der Waals surface area contributed by atoms with Gasteiger partial charge in [0.25, 0.3) is 0 Å². The Hall–Kier alpha value is -2.73. The summed E-state index contributed by atoms with van der Waals surface area (Å²) in [5.74, 6) is 0.171. The van der Waals surface area contributed by atoms with Gasteiger partial charge in [-0.05, 0) is 17.7 Å². The summed E-state index contributed by atoms with van der Waals surface area (Å²) >= 11 is 0. The molecular formula is C18H20O6. The van der Waals surface area contributed by atoms with E-state index in [0.29, 0.717) is 29.4 Å². The van der Waals surface area contributed by atoms with Crippen LogP contribution in [0.4, 0.5) is 0 Å². The van der Waals surface area contributed by atoms with E-state index in [-0.39, 0.29) is 5.48 Å². The summed E-state index contributed by atoms with van der Waals surface area (Å²) in [5, 5.41) is 0. The maximum Gasteiger partial charge on any atom is 0.338 e. The summed E-state index contributed by atoms with van der Waals surface area (Å²) in [4.78, 5) is 11.8. The first kappa shape index (κ1) is 17.6. The Bertz CT molecular complexity index is 724. The van der Waals surface area contributed by atoms with E-state index in [1.165, 1.54) is 7.11 Å².